The Balaban J connectivity index is 1.99. The Kier molecular flexibility index (Phi) is 3.06. The molecule has 1 aromatic carbocycles. The van der Waals surface area contributed by atoms with E-state index in [1.54, 1.807) is 11.1 Å². The maximum Gasteiger partial charge on any atom is 0.124 e. The number of benzene rings is 1. The van der Waals surface area contributed by atoms with Crippen LogP contribution >= 0.6 is 0 Å². The molecule has 3 rings (SSSR count). The van der Waals surface area contributed by atoms with Crippen molar-refractivity contribution in [3.05, 3.63) is 28.8 Å². The molecule has 92 valence electrons. The number of hydrogen-bond acceptors (Lipinski definition) is 2. The van der Waals surface area contributed by atoms with Gasteiger partial charge in [0, 0.05) is 18.7 Å². The molecule has 1 aliphatic heterocycles. The first-order valence-corrected chi connectivity index (χ1v) is 6.89. The lowest BCUT2D eigenvalue weighted by molar-refractivity contribution is 0.201. The van der Waals surface area contributed by atoms with Crippen molar-refractivity contribution < 1.29 is 4.74 Å². The van der Waals surface area contributed by atoms with Crippen LogP contribution in [-0.4, -0.2) is 12.6 Å². The van der Waals surface area contributed by atoms with Crippen LogP contribution in [0.5, 0.6) is 5.75 Å². The molecule has 17 heavy (non-hydrogen) atoms. The van der Waals surface area contributed by atoms with Crippen molar-refractivity contribution in [2.24, 2.45) is 0 Å². The van der Waals surface area contributed by atoms with E-state index >= 15 is 0 Å². The fourth-order valence-electron chi connectivity index (χ4n) is 2.99. The van der Waals surface area contributed by atoms with E-state index in [9.17, 15) is 0 Å². The SMILES string of the molecule is CC[C@@H]1CNCc2c(ccc3c2CCCC3)O1. The summed E-state index contributed by atoms with van der Waals surface area (Å²) in [5, 5.41) is 3.53. The van der Waals surface area contributed by atoms with Crippen LogP contribution in [0.1, 0.15) is 42.9 Å². The first-order valence-electron chi connectivity index (χ1n) is 6.89. The Hall–Kier alpha value is -1.02. The minimum Gasteiger partial charge on any atom is -0.489 e. The van der Waals surface area contributed by atoms with Crippen molar-refractivity contribution >= 4 is 0 Å². The summed E-state index contributed by atoms with van der Waals surface area (Å²) in [6.07, 6.45) is 6.57. The standard InChI is InChI=1S/C15H21NO/c1-2-12-9-16-10-14-13-6-4-3-5-11(13)7-8-15(14)17-12/h7-8,12,16H,2-6,9-10H2,1H3/t12-/m1/s1. The summed E-state index contributed by atoms with van der Waals surface area (Å²) < 4.78 is 6.11. The molecule has 0 spiro atoms. The topological polar surface area (TPSA) is 21.3 Å². The van der Waals surface area contributed by atoms with Crippen LogP contribution < -0.4 is 10.1 Å². The fraction of sp³-hybridized carbons (Fsp3) is 0.600. The van der Waals surface area contributed by atoms with Gasteiger partial charge in [0.05, 0.1) is 0 Å². The zero-order valence-corrected chi connectivity index (χ0v) is 10.6. The highest BCUT2D eigenvalue weighted by atomic mass is 16.5. The van der Waals surface area contributed by atoms with Crippen LogP contribution in [0.2, 0.25) is 0 Å². The van der Waals surface area contributed by atoms with E-state index in [1.807, 2.05) is 0 Å². The molecule has 0 radical (unpaired) electrons. The van der Waals surface area contributed by atoms with Crippen molar-refractivity contribution in [1.29, 1.82) is 0 Å². The Morgan fingerprint density at radius 2 is 2.12 bits per heavy atom. The van der Waals surface area contributed by atoms with Gasteiger partial charge in [-0.2, -0.15) is 0 Å². The number of nitrogens with one attached hydrogen (secondary N) is 1. The average molecular weight is 231 g/mol. The van der Waals surface area contributed by atoms with Crippen LogP contribution in [0, 0.1) is 0 Å². The van der Waals surface area contributed by atoms with Crippen LogP contribution in [0.3, 0.4) is 0 Å². The molecule has 1 heterocycles. The summed E-state index contributed by atoms with van der Waals surface area (Å²) in [6, 6.07) is 4.47. The van der Waals surface area contributed by atoms with Crippen molar-refractivity contribution in [3.8, 4) is 5.75 Å². The van der Waals surface area contributed by atoms with Gasteiger partial charge in [-0.3, -0.25) is 0 Å². The predicted molar refractivity (Wildman–Crippen MR) is 69.5 cm³/mol. The average Bonchev–Trinajstić information content (AvgIpc) is 2.60. The summed E-state index contributed by atoms with van der Waals surface area (Å²) in [6.45, 7) is 4.14. The van der Waals surface area contributed by atoms with Crippen molar-refractivity contribution in [2.45, 2.75) is 51.7 Å². The highest BCUT2D eigenvalue weighted by Crippen LogP contribution is 2.32. The number of hydrogen-bond donors (Lipinski definition) is 1. The molecule has 2 nitrogen and oxygen atoms in total. The Morgan fingerprint density at radius 3 is 3.00 bits per heavy atom. The lowest BCUT2D eigenvalue weighted by Crippen LogP contribution is -2.27. The second kappa shape index (κ2) is 4.69. The van der Waals surface area contributed by atoms with Gasteiger partial charge in [0.1, 0.15) is 11.9 Å². The minimum atomic E-state index is 0.331. The molecule has 1 atom stereocenters. The predicted octanol–water partition coefficient (Wildman–Crippen LogP) is 2.83. The van der Waals surface area contributed by atoms with Gasteiger partial charge in [-0.25, -0.2) is 0 Å². The van der Waals surface area contributed by atoms with Gasteiger partial charge in [-0.1, -0.05) is 13.0 Å². The number of fused-ring (bicyclic) bond motifs is 3. The minimum absolute atomic E-state index is 0.331. The van der Waals surface area contributed by atoms with Crippen LogP contribution in [0.15, 0.2) is 12.1 Å². The first-order chi connectivity index (χ1) is 8.38. The normalized spacial score (nSPS) is 23.2. The number of ether oxygens (including phenoxy) is 1. The maximum absolute atomic E-state index is 6.11. The molecule has 0 amide bonds. The third-order valence-corrected chi connectivity index (χ3v) is 4.03. The first kappa shape index (κ1) is 11.1. The van der Waals surface area contributed by atoms with E-state index in [-0.39, 0.29) is 0 Å². The molecule has 1 aliphatic carbocycles. The molecule has 0 saturated heterocycles. The highest BCUT2D eigenvalue weighted by Gasteiger charge is 2.21. The van der Waals surface area contributed by atoms with Crippen molar-refractivity contribution in [1.82, 2.24) is 5.32 Å². The van der Waals surface area contributed by atoms with E-state index in [0.717, 1.165) is 25.3 Å². The Morgan fingerprint density at radius 1 is 1.24 bits per heavy atom. The van der Waals surface area contributed by atoms with Gasteiger partial charge < -0.3 is 10.1 Å². The molecule has 2 heteroatoms. The van der Waals surface area contributed by atoms with E-state index in [2.05, 4.69) is 24.4 Å². The van der Waals surface area contributed by atoms with Gasteiger partial charge in [0.2, 0.25) is 0 Å². The zero-order chi connectivity index (χ0) is 11.7. The third-order valence-electron chi connectivity index (χ3n) is 4.03. The molecular formula is C15H21NO. The number of rotatable bonds is 1. The Labute approximate surface area is 103 Å². The van der Waals surface area contributed by atoms with Crippen LogP contribution in [-0.2, 0) is 19.4 Å². The van der Waals surface area contributed by atoms with E-state index in [4.69, 9.17) is 4.74 Å². The fourth-order valence-corrected chi connectivity index (χ4v) is 2.99. The summed E-state index contributed by atoms with van der Waals surface area (Å²) >= 11 is 0. The van der Waals surface area contributed by atoms with Crippen LogP contribution in [0.25, 0.3) is 0 Å². The smallest absolute Gasteiger partial charge is 0.124 e. The van der Waals surface area contributed by atoms with Gasteiger partial charge in [0.25, 0.3) is 0 Å². The highest BCUT2D eigenvalue weighted by molar-refractivity contribution is 5.46. The molecular weight excluding hydrogens is 210 g/mol. The van der Waals surface area contributed by atoms with Crippen molar-refractivity contribution in [3.63, 3.8) is 0 Å². The molecule has 1 aromatic rings. The monoisotopic (exact) mass is 231 g/mol. The van der Waals surface area contributed by atoms with Gasteiger partial charge in [-0.05, 0) is 49.3 Å². The van der Waals surface area contributed by atoms with Crippen LogP contribution in [0.4, 0.5) is 0 Å². The molecule has 0 unspecified atom stereocenters. The van der Waals surface area contributed by atoms with Gasteiger partial charge in [0.15, 0.2) is 0 Å². The molecule has 0 saturated carbocycles. The summed E-state index contributed by atoms with van der Waals surface area (Å²) in [4.78, 5) is 0. The lowest BCUT2D eigenvalue weighted by Gasteiger charge is -2.21. The van der Waals surface area contributed by atoms with E-state index < -0.39 is 0 Å². The van der Waals surface area contributed by atoms with E-state index in [0.29, 0.717) is 6.10 Å². The lowest BCUT2D eigenvalue weighted by atomic mass is 9.88. The molecule has 0 aromatic heterocycles. The second-order valence-corrected chi connectivity index (χ2v) is 5.17. The second-order valence-electron chi connectivity index (χ2n) is 5.17. The molecule has 0 fully saturated rings. The van der Waals surface area contributed by atoms with Gasteiger partial charge in [-0.15, -0.1) is 0 Å². The molecule has 1 N–H and O–H groups in total. The van der Waals surface area contributed by atoms with Gasteiger partial charge >= 0.3 is 0 Å². The largest absolute Gasteiger partial charge is 0.489 e. The zero-order valence-electron chi connectivity index (χ0n) is 10.6. The molecule has 0 bridgehead atoms. The number of aryl methyl sites for hydroxylation is 1. The summed E-state index contributed by atoms with van der Waals surface area (Å²) in [5.41, 5.74) is 4.55. The Bertz CT molecular complexity index is 414. The third kappa shape index (κ3) is 2.06. The van der Waals surface area contributed by atoms with Crippen molar-refractivity contribution in [2.75, 3.05) is 6.54 Å². The summed E-state index contributed by atoms with van der Waals surface area (Å²) in [5.74, 6) is 1.13. The van der Waals surface area contributed by atoms with E-state index in [1.165, 1.54) is 31.2 Å². The summed E-state index contributed by atoms with van der Waals surface area (Å²) in [7, 11) is 0. The quantitative estimate of drug-likeness (QED) is 0.802. The maximum atomic E-state index is 6.11. The molecule has 2 aliphatic rings.